The van der Waals surface area contributed by atoms with Crippen molar-refractivity contribution >= 4 is 29.3 Å². The molecule has 0 spiro atoms. The fraction of sp³-hybridized carbons (Fsp3) is 0.263. The van der Waals surface area contributed by atoms with Crippen LogP contribution in [0, 0.1) is 5.82 Å². The summed E-state index contributed by atoms with van der Waals surface area (Å²) in [5, 5.41) is 2.80. The standard InChI is InChI=1S/C19H17FN2O2S/c20-14-6-8-15(9-7-14)21-18(24)16-12-25-19(11-10-17(23)22(16)19)13-4-2-1-3-5-13/h1-9,16H,10-12H2,(H,21,24)/t16-,19+/m0/s1. The quantitative estimate of drug-likeness (QED) is 0.917. The molecule has 2 aliphatic heterocycles. The van der Waals surface area contributed by atoms with Gasteiger partial charge in [0.2, 0.25) is 11.8 Å². The number of nitrogens with one attached hydrogen (secondary N) is 1. The molecule has 0 unspecified atom stereocenters. The highest BCUT2D eigenvalue weighted by Crippen LogP contribution is 2.54. The Kier molecular flexibility index (Phi) is 4.00. The first kappa shape index (κ1) is 16.1. The van der Waals surface area contributed by atoms with E-state index in [9.17, 15) is 14.0 Å². The van der Waals surface area contributed by atoms with E-state index >= 15 is 0 Å². The minimum Gasteiger partial charge on any atom is -0.324 e. The number of nitrogens with zero attached hydrogens (tertiary/aromatic N) is 1. The number of carbonyl (C=O) groups is 2. The maximum Gasteiger partial charge on any atom is 0.248 e. The molecule has 0 aliphatic carbocycles. The van der Waals surface area contributed by atoms with Crippen LogP contribution in [0.4, 0.5) is 10.1 Å². The number of hydrogen-bond acceptors (Lipinski definition) is 3. The highest BCUT2D eigenvalue weighted by atomic mass is 32.2. The molecule has 2 saturated heterocycles. The van der Waals surface area contributed by atoms with E-state index in [-0.39, 0.29) is 17.6 Å². The lowest BCUT2D eigenvalue weighted by atomic mass is 10.0. The zero-order valence-corrected chi connectivity index (χ0v) is 14.3. The molecule has 1 N–H and O–H groups in total. The fourth-order valence-electron chi connectivity index (χ4n) is 3.59. The molecular weight excluding hydrogens is 339 g/mol. The van der Waals surface area contributed by atoms with Crippen LogP contribution in [-0.4, -0.2) is 28.5 Å². The van der Waals surface area contributed by atoms with Crippen molar-refractivity contribution in [2.45, 2.75) is 23.8 Å². The molecule has 2 amide bonds. The molecule has 0 aromatic heterocycles. The number of halogens is 1. The molecule has 2 fully saturated rings. The first-order valence-corrected chi connectivity index (χ1v) is 9.17. The number of anilines is 1. The Morgan fingerprint density at radius 1 is 1.16 bits per heavy atom. The van der Waals surface area contributed by atoms with Crippen molar-refractivity contribution in [1.29, 1.82) is 0 Å². The Morgan fingerprint density at radius 3 is 2.60 bits per heavy atom. The molecule has 4 nitrogen and oxygen atoms in total. The van der Waals surface area contributed by atoms with Crippen LogP contribution in [0.15, 0.2) is 54.6 Å². The van der Waals surface area contributed by atoms with Gasteiger partial charge in [-0.05, 0) is 36.2 Å². The topological polar surface area (TPSA) is 49.4 Å². The van der Waals surface area contributed by atoms with E-state index in [0.29, 0.717) is 24.3 Å². The van der Waals surface area contributed by atoms with E-state index < -0.39 is 10.9 Å². The van der Waals surface area contributed by atoms with E-state index in [0.717, 1.165) is 5.56 Å². The van der Waals surface area contributed by atoms with Gasteiger partial charge in [-0.1, -0.05) is 30.3 Å². The number of rotatable bonds is 3. The molecule has 2 aliphatic rings. The minimum atomic E-state index is -0.523. The van der Waals surface area contributed by atoms with Crippen molar-refractivity contribution in [1.82, 2.24) is 4.90 Å². The second-order valence-corrected chi connectivity index (χ2v) is 7.53. The van der Waals surface area contributed by atoms with Gasteiger partial charge in [0, 0.05) is 17.9 Å². The molecule has 0 radical (unpaired) electrons. The summed E-state index contributed by atoms with van der Waals surface area (Å²) >= 11 is 1.65. The second kappa shape index (κ2) is 6.19. The smallest absolute Gasteiger partial charge is 0.248 e. The molecule has 2 heterocycles. The number of benzene rings is 2. The van der Waals surface area contributed by atoms with Crippen molar-refractivity contribution in [2.75, 3.05) is 11.1 Å². The van der Waals surface area contributed by atoms with Gasteiger partial charge in [-0.3, -0.25) is 9.59 Å². The predicted octanol–water partition coefficient (Wildman–Crippen LogP) is 3.36. The lowest BCUT2D eigenvalue weighted by molar-refractivity contribution is -0.136. The molecule has 2 aromatic rings. The summed E-state index contributed by atoms with van der Waals surface area (Å²) in [6, 6.07) is 15.0. The van der Waals surface area contributed by atoms with Gasteiger partial charge in [-0.2, -0.15) is 0 Å². The molecule has 2 atom stereocenters. The first-order chi connectivity index (χ1) is 12.1. The monoisotopic (exact) mass is 356 g/mol. The van der Waals surface area contributed by atoms with E-state index in [1.165, 1.54) is 24.3 Å². The predicted molar refractivity (Wildman–Crippen MR) is 95.5 cm³/mol. The highest BCUT2D eigenvalue weighted by Gasteiger charge is 2.56. The van der Waals surface area contributed by atoms with Gasteiger partial charge in [0.05, 0.1) is 0 Å². The van der Waals surface area contributed by atoms with E-state index in [1.54, 1.807) is 16.7 Å². The average molecular weight is 356 g/mol. The third-order valence-electron chi connectivity index (χ3n) is 4.77. The minimum absolute atomic E-state index is 0.00751. The van der Waals surface area contributed by atoms with Crippen molar-refractivity contribution in [3.63, 3.8) is 0 Å². The number of carbonyl (C=O) groups excluding carboxylic acids is 2. The van der Waals surface area contributed by atoms with Crippen LogP contribution in [0.3, 0.4) is 0 Å². The maximum atomic E-state index is 13.0. The third-order valence-corrected chi connectivity index (χ3v) is 6.36. The molecule has 0 saturated carbocycles. The molecule has 6 heteroatoms. The van der Waals surface area contributed by atoms with Crippen LogP contribution in [0.1, 0.15) is 18.4 Å². The largest absolute Gasteiger partial charge is 0.324 e. The van der Waals surface area contributed by atoms with Crippen molar-refractivity contribution in [3.8, 4) is 0 Å². The first-order valence-electron chi connectivity index (χ1n) is 8.18. The summed E-state index contributed by atoms with van der Waals surface area (Å²) in [4.78, 5) is 26.6. The zero-order chi connectivity index (χ0) is 17.4. The van der Waals surface area contributed by atoms with Crippen LogP contribution < -0.4 is 5.32 Å². The van der Waals surface area contributed by atoms with Crippen LogP contribution in [0.2, 0.25) is 0 Å². The van der Waals surface area contributed by atoms with Gasteiger partial charge in [-0.15, -0.1) is 11.8 Å². The van der Waals surface area contributed by atoms with Gasteiger partial charge >= 0.3 is 0 Å². The lowest BCUT2D eigenvalue weighted by Crippen LogP contribution is -2.48. The number of hydrogen-bond donors (Lipinski definition) is 1. The van der Waals surface area contributed by atoms with E-state index in [2.05, 4.69) is 5.32 Å². The Morgan fingerprint density at radius 2 is 1.88 bits per heavy atom. The number of thioether (sulfide) groups is 1. The molecule has 2 aromatic carbocycles. The van der Waals surface area contributed by atoms with Crippen LogP contribution in [-0.2, 0) is 14.5 Å². The summed E-state index contributed by atoms with van der Waals surface area (Å²) in [6.07, 6.45) is 1.16. The Hall–Kier alpha value is -2.34. The van der Waals surface area contributed by atoms with E-state index in [4.69, 9.17) is 0 Å². The molecule has 128 valence electrons. The average Bonchev–Trinajstić information content (AvgIpc) is 3.17. The SMILES string of the molecule is O=C(Nc1ccc(F)cc1)[C@@H]1CS[C@@]2(c3ccccc3)CCC(=O)N12. The summed E-state index contributed by atoms with van der Waals surface area (Å²) in [5.74, 6) is -0.0271. The summed E-state index contributed by atoms with van der Waals surface area (Å²) in [5.41, 5.74) is 1.59. The second-order valence-electron chi connectivity index (χ2n) is 6.24. The summed E-state index contributed by atoms with van der Waals surface area (Å²) in [6.45, 7) is 0. The maximum absolute atomic E-state index is 13.0. The zero-order valence-electron chi connectivity index (χ0n) is 13.4. The van der Waals surface area contributed by atoms with Crippen LogP contribution in [0.25, 0.3) is 0 Å². The fourth-order valence-corrected chi connectivity index (χ4v) is 5.25. The van der Waals surface area contributed by atoms with Crippen LogP contribution in [0.5, 0.6) is 0 Å². The Bertz CT molecular complexity index is 812. The highest BCUT2D eigenvalue weighted by molar-refractivity contribution is 8.00. The molecule has 4 rings (SSSR count). The van der Waals surface area contributed by atoms with Gasteiger partial charge in [0.1, 0.15) is 16.7 Å². The third kappa shape index (κ3) is 2.70. The van der Waals surface area contributed by atoms with Crippen molar-refractivity contribution in [2.24, 2.45) is 0 Å². The number of amides is 2. The summed E-state index contributed by atoms with van der Waals surface area (Å²) < 4.78 is 13.0. The van der Waals surface area contributed by atoms with Gasteiger partial charge in [0.15, 0.2) is 0 Å². The Balaban J connectivity index is 1.60. The van der Waals surface area contributed by atoms with Gasteiger partial charge < -0.3 is 10.2 Å². The molecular formula is C19H17FN2O2S. The van der Waals surface area contributed by atoms with E-state index in [1.807, 2.05) is 30.3 Å². The molecule has 25 heavy (non-hydrogen) atoms. The van der Waals surface area contributed by atoms with Gasteiger partial charge in [-0.25, -0.2) is 4.39 Å². The lowest BCUT2D eigenvalue weighted by Gasteiger charge is -2.34. The summed E-state index contributed by atoms with van der Waals surface area (Å²) in [7, 11) is 0. The van der Waals surface area contributed by atoms with Crippen molar-refractivity contribution < 1.29 is 14.0 Å². The normalized spacial score (nSPS) is 25.1. The van der Waals surface area contributed by atoms with Crippen molar-refractivity contribution in [3.05, 3.63) is 66.0 Å². The number of fused-ring (bicyclic) bond motifs is 1. The van der Waals surface area contributed by atoms with Crippen LogP contribution >= 0.6 is 11.8 Å². The molecule has 0 bridgehead atoms. The Labute approximate surface area is 149 Å². The van der Waals surface area contributed by atoms with Gasteiger partial charge in [0.25, 0.3) is 0 Å².